The van der Waals surface area contributed by atoms with Gasteiger partial charge in [-0.1, -0.05) is 11.6 Å². The Bertz CT molecular complexity index is 1120. The van der Waals surface area contributed by atoms with Crippen molar-refractivity contribution < 1.29 is 19.5 Å². The molecule has 0 aromatic carbocycles. The van der Waals surface area contributed by atoms with Gasteiger partial charge in [-0.2, -0.15) is 5.10 Å². The summed E-state index contributed by atoms with van der Waals surface area (Å²) in [5, 5.41) is 19.4. The highest BCUT2D eigenvalue weighted by molar-refractivity contribution is 6.32. The second kappa shape index (κ2) is 12.8. The second-order valence-corrected chi connectivity index (χ2v) is 10.7. The molecule has 0 bridgehead atoms. The number of unbranched alkanes of at least 4 members (excludes halogenated alkanes) is 1. The summed E-state index contributed by atoms with van der Waals surface area (Å²) in [6, 6.07) is 0.114. The molecule has 2 fully saturated rings. The molecule has 38 heavy (non-hydrogen) atoms. The summed E-state index contributed by atoms with van der Waals surface area (Å²) >= 11 is 6.50. The number of hydrogen-bond acceptors (Lipinski definition) is 7. The minimum Gasteiger partial charge on any atom is -0.465 e. The number of nitrogens with zero attached hydrogens (tertiary/aromatic N) is 6. The highest BCUT2D eigenvalue weighted by Gasteiger charge is 2.30. The van der Waals surface area contributed by atoms with Crippen LogP contribution in [0.1, 0.15) is 63.5 Å². The zero-order chi connectivity index (χ0) is 27.2. The van der Waals surface area contributed by atoms with E-state index in [1.807, 2.05) is 17.9 Å². The van der Waals surface area contributed by atoms with E-state index in [1.165, 1.54) is 29.9 Å². The number of halogens is 1. The van der Waals surface area contributed by atoms with Crippen LogP contribution >= 0.6 is 11.6 Å². The predicted molar refractivity (Wildman–Crippen MR) is 144 cm³/mol. The summed E-state index contributed by atoms with van der Waals surface area (Å²) in [6.45, 7) is 0.417. The highest BCUT2D eigenvalue weighted by atomic mass is 35.5. The zero-order valence-corrected chi connectivity index (χ0v) is 23.2. The average Bonchev–Trinajstić information content (AvgIpc) is 3.66. The molecular formula is C26H38ClN7O4. The number of hydroxylamine groups is 2. The quantitative estimate of drug-likeness (QED) is 0.296. The van der Waals surface area contributed by atoms with Crippen molar-refractivity contribution in [2.45, 2.75) is 76.3 Å². The van der Waals surface area contributed by atoms with Crippen LogP contribution in [-0.2, 0) is 23.1 Å². The van der Waals surface area contributed by atoms with E-state index in [2.05, 4.69) is 15.4 Å². The van der Waals surface area contributed by atoms with Crippen molar-refractivity contribution in [1.82, 2.24) is 29.7 Å². The van der Waals surface area contributed by atoms with Gasteiger partial charge in [-0.3, -0.25) is 14.3 Å². The molecule has 4 rings (SSSR count). The lowest BCUT2D eigenvalue weighted by atomic mass is 9.90. The van der Waals surface area contributed by atoms with Gasteiger partial charge in [-0.25, -0.2) is 19.8 Å². The van der Waals surface area contributed by atoms with Crippen LogP contribution in [0.3, 0.4) is 0 Å². The standard InChI is InChI=1S/C26H38ClN7O4/c1-32-22(14-17-7-8-17)20(15-29-32)24-21(27)16-28-25(31-24)30-18-9-11-19(12-10-18)34(26(36)37)13-5-4-6-23(35)33(2)38-3/h15-19H,4-14H2,1-3H3,(H,36,37)(H,28,30,31)/t18-,19-. The first-order valence-electron chi connectivity index (χ1n) is 13.4. The van der Waals surface area contributed by atoms with Crippen LogP contribution in [0.15, 0.2) is 12.4 Å². The summed E-state index contributed by atoms with van der Waals surface area (Å²) in [5.74, 6) is 1.12. The van der Waals surface area contributed by atoms with E-state index in [0.717, 1.165) is 43.4 Å². The van der Waals surface area contributed by atoms with Gasteiger partial charge in [0, 0.05) is 50.4 Å². The Morgan fingerprint density at radius 2 is 1.92 bits per heavy atom. The van der Waals surface area contributed by atoms with E-state index in [9.17, 15) is 14.7 Å². The fourth-order valence-electron chi connectivity index (χ4n) is 5.09. The van der Waals surface area contributed by atoms with Crippen LogP contribution in [-0.4, -0.2) is 79.6 Å². The van der Waals surface area contributed by atoms with Gasteiger partial charge in [-0.15, -0.1) is 0 Å². The third-order valence-corrected chi connectivity index (χ3v) is 7.90. The minimum absolute atomic E-state index is 0.0371. The Hall–Kier alpha value is -2.92. The van der Waals surface area contributed by atoms with Crippen molar-refractivity contribution >= 4 is 29.5 Å². The number of carbonyl (C=O) groups is 2. The third-order valence-electron chi connectivity index (χ3n) is 7.62. The summed E-state index contributed by atoms with van der Waals surface area (Å²) < 4.78 is 1.91. The molecule has 2 aliphatic carbocycles. The lowest BCUT2D eigenvalue weighted by Crippen LogP contribution is -2.44. The maximum absolute atomic E-state index is 11.9. The largest absolute Gasteiger partial charge is 0.465 e. The number of aryl methyl sites for hydroxylation is 1. The molecule has 2 N–H and O–H groups in total. The first kappa shape index (κ1) is 28.1. The van der Waals surface area contributed by atoms with Crippen molar-refractivity contribution in [3.63, 3.8) is 0 Å². The topological polar surface area (TPSA) is 126 Å². The Labute approximate surface area is 228 Å². The summed E-state index contributed by atoms with van der Waals surface area (Å²) in [7, 11) is 4.97. The van der Waals surface area contributed by atoms with Crippen molar-refractivity contribution in [2.75, 3.05) is 26.0 Å². The number of carbonyl (C=O) groups excluding carboxylic acids is 1. The fourth-order valence-corrected chi connectivity index (χ4v) is 5.28. The van der Waals surface area contributed by atoms with E-state index in [1.54, 1.807) is 13.2 Å². The lowest BCUT2D eigenvalue weighted by molar-refractivity contribution is -0.168. The lowest BCUT2D eigenvalue weighted by Gasteiger charge is -2.35. The molecule has 2 amide bonds. The molecule has 0 radical (unpaired) electrons. The SMILES string of the molecule is CON(C)C(=O)CCCCN(C(=O)O)[C@H]1CC[C@H](Nc2ncc(Cl)c(-c3cnn(C)c3CC3CC3)n2)CC1. The number of hydrogen-bond donors (Lipinski definition) is 2. The average molecular weight is 548 g/mol. The van der Waals surface area contributed by atoms with Gasteiger partial charge in [0.2, 0.25) is 11.9 Å². The fraction of sp³-hybridized carbons (Fsp3) is 0.654. The zero-order valence-electron chi connectivity index (χ0n) is 22.4. The molecule has 12 heteroatoms. The molecule has 2 aromatic rings. The van der Waals surface area contributed by atoms with E-state index in [-0.39, 0.29) is 18.0 Å². The molecule has 0 unspecified atom stereocenters. The van der Waals surface area contributed by atoms with Crippen LogP contribution < -0.4 is 5.32 Å². The molecule has 2 heterocycles. The van der Waals surface area contributed by atoms with Crippen molar-refractivity contribution in [1.29, 1.82) is 0 Å². The maximum Gasteiger partial charge on any atom is 0.407 e. The molecule has 0 aliphatic heterocycles. The molecule has 2 aromatic heterocycles. The Morgan fingerprint density at radius 1 is 1.18 bits per heavy atom. The van der Waals surface area contributed by atoms with E-state index >= 15 is 0 Å². The summed E-state index contributed by atoms with van der Waals surface area (Å²) in [6.07, 6.45) is 10.7. The number of rotatable bonds is 12. The Balaban J connectivity index is 1.31. The first-order chi connectivity index (χ1) is 18.3. The van der Waals surface area contributed by atoms with Gasteiger partial charge in [0.25, 0.3) is 0 Å². The van der Waals surface area contributed by atoms with Crippen molar-refractivity contribution in [2.24, 2.45) is 13.0 Å². The van der Waals surface area contributed by atoms with Crippen LogP contribution in [0, 0.1) is 5.92 Å². The Morgan fingerprint density at radius 3 is 2.58 bits per heavy atom. The van der Waals surface area contributed by atoms with Crippen molar-refractivity contribution in [3.05, 3.63) is 23.1 Å². The van der Waals surface area contributed by atoms with Gasteiger partial charge in [0.05, 0.1) is 30.2 Å². The van der Waals surface area contributed by atoms with Gasteiger partial charge in [-0.05, 0) is 63.7 Å². The normalized spacial score (nSPS) is 19.3. The molecule has 208 valence electrons. The smallest absolute Gasteiger partial charge is 0.407 e. The van der Waals surface area contributed by atoms with Gasteiger partial charge >= 0.3 is 6.09 Å². The molecule has 2 aliphatic rings. The van der Waals surface area contributed by atoms with Crippen LogP contribution in [0.25, 0.3) is 11.3 Å². The van der Waals surface area contributed by atoms with Gasteiger partial charge in [0.15, 0.2) is 0 Å². The second-order valence-electron chi connectivity index (χ2n) is 10.3. The first-order valence-corrected chi connectivity index (χ1v) is 13.7. The van der Waals surface area contributed by atoms with Crippen molar-refractivity contribution in [3.8, 4) is 11.3 Å². The number of amides is 2. The number of anilines is 1. The molecule has 11 nitrogen and oxygen atoms in total. The number of carboxylic acid groups (broad SMARTS) is 1. The monoisotopic (exact) mass is 547 g/mol. The molecule has 0 spiro atoms. The van der Waals surface area contributed by atoms with Crippen LogP contribution in [0.4, 0.5) is 10.7 Å². The minimum atomic E-state index is -0.911. The highest BCUT2D eigenvalue weighted by Crippen LogP contribution is 2.37. The molecule has 2 saturated carbocycles. The summed E-state index contributed by atoms with van der Waals surface area (Å²) in [4.78, 5) is 39.4. The molecule has 0 atom stereocenters. The predicted octanol–water partition coefficient (Wildman–Crippen LogP) is 4.38. The van der Waals surface area contributed by atoms with E-state index in [0.29, 0.717) is 48.4 Å². The third kappa shape index (κ3) is 7.13. The van der Waals surface area contributed by atoms with Gasteiger partial charge < -0.3 is 15.3 Å². The van der Waals surface area contributed by atoms with Crippen LogP contribution in [0.5, 0.6) is 0 Å². The maximum atomic E-state index is 11.9. The number of nitrogens with one attached hydrogen (secondary N) is 1. The molecular weight excluding hydrogens is 510 g/mol. The van der Waals surface area contributed by atoms with E-state index in [4.69, 9.17) is 21.4 Å². The summed E-state index contributed by atoms with van der Waals surface area (Å²) in [5.41, 5.74) is 2.78. The van der Waals surface area contributed by atoms with Crippen LogP contribution in [0.2, 0.25) is 5.02 Å². The van der Waals surface area contributed by atoms with Gasteiger partial charge in [0.1, 0.15) is 0 Å². The number of aromatic nitrogens is 4. The molecule has 0 saturated heterocycles. The Kier molecular flexibility index (Phi) is 9.43. The van der Waals surface area contributed by atoms with E-state index < -0.39 is 6.09 Å².